The summed E-state index contributed by atoms with van der Waals surface area (Å²) in [5.41, 5.74) is -0.216. The van der Waals surface area contributed by atoms with Gasteiger partial charge in [-0.05, 0) is 31.6 Å². The van der Waals surface area contributed by atoms with Crippen molar-refractivity contribution >= 4 is 11.6 Å². The lowest BCUT2D eigenvalue weighted by molar-refractivity contribution is -0.150. The molecule has 0 radical (unpaired) electrons. The van der Waals surface area contributed by atoms with E-state index in [9.17, 15) is 9.59 Å². The van der Waals surface area contributed by atoms with Crippen molar-refractivity contribution in [2.75, 3.05) is 0 Å². The number of fused-ring (bicyclic) bond motifs is 1. The third kappa shape index (κ3) is 1.01. The van der Waals surface area contributed by atoms with Crippen molar-refractivity contribution in [1.82, 2.24) is 0 Å². The van der Waals surface area contributed by atoms with Gasteiger partial charge in [-0.15, -0.1) is 0 Å². The highest BCUT2D eigenvalue weighted by Gasteiger charge is 2.60. The second kappa shape index (κ2) is 2.66. The van der Waals surface area contributed by atoms with Gasteiger partial charge in [0.1, 0.15) is 11.6 Å². The average molecular weight is 180 g/mol. The highest BCUT2D eigenvalue weighted by Crippen LogP contribution is 2.60. The molecule has 0 aliphatic heterocycles. The van der Waals surface area contributed by atoms with Gasteiger partial charge in [-0.25, -0.2) is 0 Å². The largest absolute Gasteiger partial charge is 0.300 e. The van der Waals surface area contributed by atoms with Gasteiger partial charge in [-0.3, -0.25) is 9.59 Å². The molecule has 0 saturated heterocycles. The van der Waals surface area contributed by atoms with Crippen LogP contribution in [0.4, 0.5) is 0 Å². The van der Waals surface area contributed by atoms with Crippen LogP contribution in [0, 0.1) is 17.3 Å². The lowest BCUT2D eigenvalue weighted by atomic mass is 9.55. The van der Waals surface area contributed by atoms with Crippen molar-refractivity contribution in [1.29, 1.82) is 0 Å². The van der Waals surface area contributed by atoms with Crippen molar-refractivity contribution in [3.63, 3.8) is 0 Å². The minimum absolute atomic E-state index is 0.173. The predicted molar refractivity (Wildman–Crippen MR) is 49.2 cm³/mol. The monoisotopic (exact) mass is 180 g/mol. The van der Waals surface area contributed by atoms with E-state index in [-0.39, 0.29) is 11.2 Å². The maximum absolute atomic E-state index is 11.6. The molecule has 2 aliphatic rings. The zero-order valence-electron chi connectivity index (χ0n) is 8.30. The average Bonchev–Trinajstić information content (AvgIpc) is 2.27. The summed E-state index contributed by atoms with van der Waals surface area (Å²) in [5, 5.41) is 0. The van der Waals surface area contributed by atoms with Gasteiger partial charge in [0.05, 0.1) is 0 Å². The standard InChI is InChI=1S/C11H16O2/c1-7-3-4-9-5-10(13)11(7,9)6-8(2)12/h7,9H,3-6H2,1-2H3/t7-,9-,11-/m1/s1. The van der Waals surface area contributed by atoms with Crippen LogP contribution in [0.15, 0.2) is 0 Å². The topological polar surface area (TPSA) is 34.1 Å². The lowest BCUT2D eigenvalue weighted by Gasteiger charge is -2.45. The molecule has 0 aromatic carbocycles. The molecule has 2 saturated carbocycles. The van der Waals surface area contributed by atoms with Crippen LogP contribution >= 0.6 is 0 Å². The molecule has 0 bridgehead atoms. The summed E-state index contributed by atoms with van der Waals surface area (Å²) >= 11 is 0. The molecule has 3 atom stereocenters. The fourth-order valence-corrected chi connectivity index (χ4v) is 3.27. The zero-order valence-corrected chi connectivity index (χ0v) is 8.30. The molecule has 13 heavy (non-hydrogen) atoms. The molecular formula is C11H16O2. The van der Waals surface area contributed by atoms with Crippen LogP contribution in [-0.4, -0.2) is 11.6 Å². The molecule has 0 heterocycles. The molecule has 2 fully saturated rings. The summed E-state index contributed by atoms with van der Waals surface area (Å²) in [6.45, 7) is 3.72. The minimum atomic E-state index is -0.216. The van der Waals surface area contributed by atoms with E-state index in [0.29, 0.717) is 24.0 Å². The predicted octanol–water partition coefficient (Wildman–Crippen LogP) is 1.97. The van der Waals surface area contributed by atoms with Crippen LogP contribution in [0.3, 0.4) is 0 Å². The summed E-state index contributed by atoms with van der Waals surface area (Å²) in [7, 11) is 0. The summed E-state index contributed by atoms with van der Waals surface area (Å²) in [6, 6.07) is 0. The lowest BCUT2D eigenvalue weighted by Crippen LogP contribution is -2.50. The van der Waals surface area contributed by atoms with E-state index in [2.05, 4.69) is 6.92 Å². The molecule has 0 spiro atoms. The van der Waals surface area contributed by atoms with Crippen molar-refractivity contribution in [2.45, 2.75) is 39.5 Å². The Morgan fingerprint density at radius 2 is 2.23 bits per heavy atom. The summed E-state index contributed by atoms with van der Waals surface area (Å²) in [6.07, 6.45) is 3.51. The SMILES string of the molecule is CC(=O)C[C@]12C(=O)C[C@H]1CC[C@H]2C. The van der Waals surface area contributed by atoms with Crippen LogP contribution in [-0.2, 0) is 9.59 Å². The third-order valence-electron chi connectivity index (χ3n) is 4.05. The van der Waals surface area contributed by atoms with Gasteiger partial charge < -0.3 is 0 Å². The Balaban J connectivity index is 2.25. The Hall–Kier alpha value is -0.660. The first-order valence-corrected chi connectivity index (χ1v) is 5.10. The van der Waals surface area contributed by atoms with Gasteiger partial charge in [0, 0.05) is 18.3 Å². The molecule has 0 amide bonds. The van der Waals surface area contributed by atoms with E-state index in [1.807, 2.05) is 0 Å². The quantitative estimate of drug-likeness (QED) is 0.651. The second-order valence-electron chi connectivity index (χ2n) is 4.72. The Labute approximate surface area is 78.7 Å². The van der Waals surface area contributed by atoms with Crippen molar-refractivity contribution < 1.29 is 9.59 Å². The molecule has 0 unspecified atom stereocenters. The Bertz CT molecular complexity index is 261. The Kier molecular flexibility index (Phi) is 1.83. The summed E-state index contributed by atoms with van der Waals surface area (Å²) in [4.78, 5) is 22.8. The summed E-state index contributed by atoms with van der Waals surface area (Å²) in [5.74, 6) is 1.48. The fourth-order valence-electron chi connectivity index (χ4n) is 3.27. The van der Waals surface area contributed by atoms with E-state index in [1.54, 1.807) is 6.92 Å². The van der Waals surface area contributed by atoms with Gasteiger partial charge in [0.15, 0.2) is 0 Å². The van der Waals surface area contributed by atoms with E-state index >= 15 is 0 Å². The first kappa shape index (κ1) is 8.92. The molecular weight excluding hydrogens is 164 g/mol. The number of carbonyl (C=O) groups is 2. The first-order valence-electron chi connectivity index (χ1n) is 5.10. The van der Waals surface area contributed by atoms with Crippen LogP contribution in [0.2, 0.25) is 0 Å². The minimum Gasteiger partial charge on any atom is -0.300 e. The van der Waals surface area contributed by atoms with Crippen molar-refractivity contribution in [3.8, 4) is 0 Å². The van der Waals surface area contributed by atoms with Gasteiger partial charge in [-0.1, -0.05) is 6.92 Å². The fraction of sp³-hybridized carbons (Fsp3) is 0.818. The van der Waals surface area contributed by atoms with Crippen molar-refractivity contribution in [3.05, 3.63) is 0 Å². The number of hydrogen-bond donors (Lipinski definition) is 0. The number of ketones is 2. The molecule has 0 N–H and O–H groups in total. The van der Waals surface area contributed by atoms with Gasteiger partial charge in [0.2, 0.25) is 0 Å². The normalized spacial score (nSPS) is 42.8. The Morgan fingerprint density at radius 3 is 2.69 bits per heavy atom. The maximum Gasteiger partial charge on any atom is 0.140 e. The van der Waals surface area contributed by atoms with E-state index in [1.165, 1.54) is 0 Å². The molecule has 2 aliphatic carbocycles. The van der Waals surface area contributed by atoms with E-state index in [4.69, 9.17) is 0 Å². The molecule has 0 aromatic rings. The zero-order chi connectivity index (χ0) is 9.64. The maximum atomic E-state index is 11.6. The molecule has 2 rings (SSSR count). The van der Waals surface area contributed by atoms with Crippen molar-refractivity contribution in [2.24, 2.45) is 17.3 Å². The highest BCUT2D eigenvalue weighted by molar-refractivity contribution is 5.96. The number of carbonyl (C=O) groups excluding carboxylic acids is 2. The Morgan fingerprint density at radius 1 is 1.54 bits per heavy atom. The number of rotatable bonds is 2. The van der Waals surface area contributed by atoms with Crippen LogP contribution in [0.1, 0.15) is 39.5 Å². The van der Waals surface area contributed by atoms with Crippen LogP contribution in [0.25, 0.3) is 0 Å². The van der Waals surface area contributed by atoms with Crippen LogP contribution < -0.4 is 0 Å². The first-order chi connectivity index (χ1) is 6.07. The molecule has 2 nitrogen and oxygen atoms in total. The highest BCUT2D eigenvalue weighted by atomic mass is 16.1. The second-order valence-corrected chi connectivity index (χ2v) is 4.72. The van der Waals surface area contributed by atoms with Gasteiger partial charge in [0.25, 0.3) is 0 Å². The number of hydrogen-bond acceptors (Lipinski definition) is 2. The smallest absolute Gasteiger partial charge is 0.140 e. The molecule has 0 aromatic heterocycles. The third-order valence-corrected chi connectivity index (χ3v) is 4.05. The van der Waals surface area contributed by atoms with E-state index in [0.717, 1.165) is 19.3 Å². The molecule has 72 valence electrons. The van der Waals surface area contributed by atoms with Gasteiger partial charge in [-0.2, -0.15) is 0 Å². The summed E-state index contributed by atoms with van der Waals surface area (Å²) < 4.78 is 0. The van der Waals surface area contributed by atoms with E-state index < -0.39 is 0 Å². The van der Waals surface area contributed by atoms with Crippen LogP contribution in [0.5, 0.6) is 0 Å². The number of Topliss-reactive ketones (excluding diaryl/α,β-unsaturated/α-hetero) is 2. The van der Waals surface area contributed by atoms with Gasteiger partial charge >= 0.3 is 0 Å². The molecule has 2 heteroatoms.